The monoisotopic (exact) mass is 239 g/mol. The lowest BCUT2D eigenvalue weighted by atomic mass is 9.88. The lowest BCUT2D eigenvalue weighted by Gasteiger charge is -2.26. The largest absolute Gasteiger partial charge is 0.394 e. The van der Waals surface area contributed by atoms with Crippen molar-refractivity contribution in [3.05, 3.63) is 0 Å². The van der Waals surface area contributed by atoms with Crippen molar-refractivity contribution in [2.75, 3.05) is 6.61 Å². The third-order valence-electron chi connectivity index (χ3n) is 4.49. The molecule has 2 rings (SSSR count). The van der Waals surface area contributed by atoms with Crippen LogP contribution in [0, 0.1) is 17.8 Å². The molecule has 0 aromatic heterocycles. The summed E-state index contributed by atoms with van der Waals surface area (Å²) in [5.74, 6) is 2.13. The average molecular weight is 239 g/mol. The first-order valence-corrected chi connectivity index (χ1v) is 7.10. The summed E-state index contributed by atoms with van der Waals surface area (Å²) in [6, 6.07) is -0.0133. The van der Waals surface area contributed by atoms with Crippen molar-refractivity contribution in [3.63, 3.8) is 0 Å². The molecule has 2 aliphatic rings. The molecule has 0 bridgehead atoms. The Morgan fingerprint density at radius 1 is 1.29 bits per heavy atom. The molecule has 1 amide bonds. The zero-order valence-corrected chi connectivity index (χ0v) is 10.8. The quantitative estimate of drug-likeness (QED) is 0.792. The number of aliphatic hydroxyl groups is 1. The number of nitrogens with one attached hydrogen (secondary N) is 1. The number of hydrogen-bond acceptors (Lipinski definition) is 2. The van der Waals surface area contributed by atoms with Gasteiger partial charge in [0.05, 0.1) is 12.6 Å². The molecule has 0 radical (unpaired) electrons. The highest BCUT2D eigenvalue weighted by atomic mass is 16.3. The van der Waals surface area contributed by atoms with Crippen molar-refractivity contribution >= 4 is 5.91 Å². The molecule has 17 heavy (non-hydrogen) atoms. The first-order valence-electron chi connectivity index (χ1n) is 7.10. The molecule has 0 saturated heterocycles. The summed E-state index contributed by atoms with van der Waals surface area (Å²) in [4.78, 5) is 11.2. The molecule has 4 unspecified atom stereocenters. The first-order chi connectivity index (χ1) is 8.22. The van der Waals surface area contributed by atoms with E-state index in [1.54, 1.807) is 6.92 Å². The van der Waals surface area contributed by atoms with Crippen molar-refractivity contribution in [2.45, 2.75) is 57.9 Å². The van der Waals surface area contributed by atoms with Crippen LogP contribution in [0.1, 0.15) is 51.9 Å². The number of aliphatic hydroxyl groups excluding tert-OH is 1. The van der Waals surface area contributed by atoms with Crippen LogP contribution in [0.3, 0.4) is 0 Å². The van der Waals surface area contributed by atoms with Gasteiger partial charge in [0.1, 0.15) is 0 Å². The van der Waals surface area contributed by atoms with E-state index in [0.717, 1.165) is 11.8 Å². The van der Waals surface area contributed by atoms with Gasteiger partial charge >= 0.3 is 0 Å². The molecule has 3 nitrogen and oxygen atoms in total. The molecule has 2 aliphatic carbocycles. The summed E-state index contributed by atoms with van der Waals surface area (Å²) >= 11 is 0. The molecule has 0 aromatic carbocycles. The van der Waals surface area contributed by atoms with E-state index >= 15 is 0 Å². The van der Waals surface area contributed by atoms with E-state index in [4.69, 9.17) is 0 Å². The predicted octanol–water partition coefficient (Wildman–Crippen LogP) is 2.09. The van der Waals surface area contributed by atoms with Crippen LogP contribution in [0.2, 0.25) is 0 Å². The van der Waals surface area contributed by atoms with Gasteiger partial charge in [-0.1, -0.05) is 32.1 Å². The first kappa shape index (κ1) is 12.9. The van der Waals surface area contributed by atoms with Crippen molar-refractivity contribution < 1.29 is 9.90 Å². The Hall–Kier alpha value is -0.570. The number of fused-ring (bicyclic) bond motifs is 1. The van der Waals surface area contributed by atoms with Crippen LogP contribution in [0.4, 0.5) is 0 Å². The van der Waals surface area contributed by atoms with Gasteiger partial charge in [-0.3, -0.25) is 4.79 Å². The van der Waals surface area contributed by atoms with Crippen LogP contribution in [0.5, 0.6) is 0 Å². The molecule has 0 heterocycles. The van der Waals surface area contributed by atoms with Crippen molar-refractivity contribution in [1.29, 1.82) is 0 Å². The Kier molecular flexibility index (Phi) is 4.43. The molecule has 98 valence electrons. The normalized spacial score (nSPS) is 34.8. The maximum atomic E-state index is 11.2. The van der Waals surface area contributed by atoms with Gasteiger partial charge < -0.3 is 10.4 Å². The summed E-state index contributed by atoms with van der Waals surface area (Å²) in [6.45, 7) is 1.63. The van der Waals surface area contributed by atoms with Crippen molar-refractivity contribution in [1.82, 2.24) is 5.32 Å². The van der Waals surface area contributed by atoms with Gasteiger partial charge in [0.25, 0.3) is 0 Å². The fourth-order valence-electron chi connectivity index (χ4n) is 3.53. The summed E-state index contributed by atoms with van der Waals surface area (Å²) in [7, 11) is 0. The van der Waals surface area contributed by atoms with Crippen LogP contribution in [0.25, 0.3) is 0 Å². The molecular weight excluding hydrogens is 214 g/mol. The lowest BCUT2D eigenvalue weighted by molar-refractivity contribution is -0.120. The van der Waals surface area contributed by atoms with Crippen LogP contribution >= 0.6 is 0 Å². The van der Waals surface area contributed by atoms with Gasteiger partial charge in [0, 0.05) is 6.92 Å². The predicted molar refractivity (Wildman–Crippen MR) is 67.5 cm³/mol. The number of carbonyl (C=O) groups excluding carboxylic acids is 1. The average Bonchev–Trinajstić information content (AvgIpc) is 3.03. The zero-order chi connectivity index (χ0) is 12.3. The van der Waals surface area contributed by atoms with Crippen LogP contribution in [0.15, 0.2) is 0 Å². The minimum Gasteiger partial charge on any atom is -0.394 e. The number of rotatable bonds is 3. The molecule has 2 N–H and O–H groups in total. The fourth-order valence-corrected chi connectivity index (χ4v) is 3.53. The highest BCUT2D eigenvalue weighted by molar-refractivity contribution is 5.73. The van der Waals surface area contributed by atoms with E-state index in [1.807, 2.05) is 0 Å². The number of carbonyl (C=O) groups is 1. The van der Waals surface area contributed by atoms with E-state index in [1.165, 1.54) is 44.9 Å². The standard InChI is InChI=1S/C14H25NO2/c1-10(17)15-14(9-16)12-7-5-3-2-4-6-11-8-13(11)12/h11-14,16H,2-9H2,1H3,(H,15,17). The second-order valence-corrected chi connectivity index (χ2v) is 5.80. The van der Waals surface area contributed by atoms with Gasteiger partial charge in [-0.2, -0.15) is 0 Å². The Balaban J connectivity index is 1.97. The summed E-state index contributed by atoms with van der Waals surface area (Å²) < 4.78 is 0. The van der Waals surface area contributed by atoms with Gasteiger partial charge in [-0.15, -0.1) is 0 Å². The SMILES string of the molecule is CC(=O)NC(CO)C1CCCCCCC2CC21. The molecular formula is C14H25NO2. The molecule has 0 spiro atoms. The van der Waals surface area contributed by atoms with E-state index in [2.05, 4.69) is 5.32 Å². The van der Waals surface area contributed by atoms with Crippen LogP contribution < -0.4 is 5.32 Å². The minimum atomic E-state index is -0.0133. The third kappa shape index (κ3) is 3.44. The van der Waals surface area contributed by atoms with Crippen molar-refractivity contribution in [3.8, 4) is 0 Å². The molecule has 3 heteroatoms. The molecule has 2 saturated carbocycles. The van der Waals surface area contributed by atoms with E-state index in [9.17, 15) is 9.90 Å². The summed E-state index contributed by atoms with van der Waals surface area (Å²) in [5, 5.41) is 12.4. The van der Waals surface area contributed by atoms with Gasteiger partial charge in [-0.25, -0.2) is 0 Å². The highest BCUT2D eigenvalue weighted by Crippen LogP contribution is 2.50. The maximum absolute atomic E-state index is 11.2. The van der Waals surface area contributed by atoms with Crippen LogP contribution in [-0.4, -0.2) is 23.7 Å². The third-order valence-corrected chi connectivity index (χ3v) is 4.49. The summed E-state index contributed by atoms with van der Waals surface area (Å²) in [5.41, 5.74) is 0. The van der Waals surface area contributed by atoms with Crippen LogP contribution in [-0.2, 0) is 4.79 Å². The van der Waals surface area contributed by atoms with Crippen molar-refractivity contribution in [2.24, 2.45) is 17.8 Å². The lowest BCUT2D eigenvalue weighted by Crippen LogP contribution is -2.43. The van der Waals surface area contributed by atoms with Gasteiger partial charge in [0.15, 0.2) is 0 Å². The Morgan fingerprint density at radius 3 is 2.65 bits per heavy atom. The maximum Gasteiger partial charge on any atom is 0.217 e. The van der Waals surface area contributed by atoms with E-state index < -0.39 is 0 Å². The molecule has 0 aliphatic heterocycles. The molecule has 4 atom stereocenters. The summed E-state index contributed by atoms with van der Waals surface area (Å²) in [6.07, 6.45) is 9.16. The smallest absolute Gasteiger partial charge is 0.217 e. The fraction of sp³-hybridized carbons (Fsp3) is 0.929. The Morgan fingerprint density at radius 2 is 2.00 bits per heavy atom. The minimum absolute atomic E-state index is 0.0129. The van der Waals surface area contributed by atoms with Gasteiger partial charge in [0.2, 0.25) is 5.91 Å². The van der Waals surface area contributed by atoms with E-state index in [0.29, 0.717) is 5.92 Å². The number of amides is 1. The topological polar surface area (TPSA) is 49.3 Å². The number of hydrogen-bond donors (Lipinski definition) is 2. The van der Waals surface area contributed by atoms with E-state index in [-0.39, 0.29) is 18.6 Å². The second-order valence-electron chi connectivity index (χ2n) is 5.80. The Bertz CT molecular complexity index is 267. The second kappa shape index (κ2) is 5.85. The van der Waals surface area contributed by atoms with Gasteiger partial charge in [-0.05, 0) is 30.6 Å². The Labute approximate surface area is 104 Å². The molecule has 0 aromatic rings. The molecule has 2 fully saturated rings. The highest BCUT2D eigenvalue weighted by Gasteiger charge is 2.45. The zero-order valence-electron chi connectivity index (χ0n) is 10.8.